The lowest BCUT2D eigenvalue weighted by Gasteiger charge is -2.35. The van der Waals surface area contributed by atoms with Gasteiger partial charge in [0.05, 0.1) is 13.2 Å². The molecule has 1 aliphatic rings. The molecule has 3 rings (SSSR count). The highest BCUT2D eigenvalue weighted by Gasteiger charge is 2.23. The number of amides is 1. The van der Waals surface area contributed by atoms with E-state index >= 15 is 0 Å². The van der Waals surface area contributed by atoms with Gasteiger partial charge in [0.15, 0.2) is 0 Å². The maximum Gasteiger partial charge on any atom is 0.251 e. The first kappa shape index (κ1) is 19.4. The molecule has 0 spiro atoms. The Labute approximate surface area is 162 Å². The average Bonchev–Trinajstić information content (AvgIpc) is 2.69. The molecule has 0 radical (unpaired) electrons. The third-order valence-electron chi connectivity index (χ3n) is 5.41. The Bertz CT molecular complexity index is 764. The molecule has 0 aromatic heterocycles. The van der Waals surface area contributed by atoms with E-state index in [-0.39, 0.29) is 11.9 Å². The van der Waals surface area contributed by atoms with Gasteiger partial charge < -0.3 is 10.1 Å². The minimum atomic E-state index is 0.00280. The highest BCUT2D eigenvalue weighted by molar-refractivity contribution is 5.95. The number of carbonyl (C=O) groups excluding carboxylic acids is 1. The van der Waals surface area contributed by atoms with E-state index in [0.717, 1.165) is 30.0 Å². The first-order chi connectivity index (χ1) is 13.1. The van der Waals surface area contributed by atoms with E-state index in [1.165, 1.54) is 30.4 Å². The van der Waals surface area contributed by atoms with Crippen LogP contribution in [0.15, 0.2) is 42.5 Å². The van der Waals surface area contributed by atoms with Crippen molar-refractivity contribution >= 4 is 5.91 Å². The van der Waals surface area contributed by atoms with E-state index in [1.807, 2.05) is 38.1 Å². The van der Waals surface area contributed by atoms with E-state index in [1.54, 1.807) is 7.11 Å². The van der Waals surface area contributed by atoms with Crippen LogP contribution in [0.2, 0.25) is 0 Å². The van der Waals surface area contributed by atoms with E-state index in [0.29, 0.717) is 6.54 Å². The van der Waals surface area contributed by atoms with Gasteiger partial charge >= 0.3 is 0 Å². The molecule has 0 saturated carbocycles. The van der Waals surface area contributed by atoms with Crippen LogP contribution in [0.1, 0.15) is 52.4 Å². The fourth-order valence-electron chi connectivity index (χ4n) is 3.87. The Morgan fingerprint density at radius 2 is 1.78 bits per heavy atom. The number of hydrogen-bond acceptors (Lipinski definition) is 3. The number of ether oxygens (including phenoxy) is 1. The molecule has 1 fully saturated rings. The normalized spacial score (nSPS) is 16.0. The van der Waals surface area contributed by atoms with Crippen LogP contribution in [0.5, 0.6) is 5.75 Å². The van der Waals surface area contributed by atoms with Crippen LogP contribution in [0.25, 0.3) is 0 Å². The minimum absolute atomic E-state index is 0.00280. The minimum Gasteiger partial charge on any atom is -0.497 e. The summed E-state index contributed by atoms with van der Waals surface area (Å²) in [6.45, 7) is 6.81. The SMILES string of the molecule is COc1ccc(C(CNC(=O)c2ccc(C)cc2C)N2CCCCC2)cc1. The lowest BCUT2D eigenvalue weighted by Crippen LogP contribution is -2.40. The van der Waals surface area contributed by atoms with Crippen molar-refractivity contribution in [1.82, 2.24) is 10.2 Å². The van der Waals surface area contributed by atoms with Gasteiger partial charge in [-0.05, 0) is 69.1 Å². The highest BCUT2D eigenvalue weighted by Crippen LogP contribution is 2.26. The van der Waals surface area contributed by atoms with E-state index in [2.05, 4.69) is 28.4 Å². The first-order valence-corrected chi connectivity index (χ1v) is 9.82. The molecule has 1 heterocycles. The topological polar surface area (TPSA) is 41.6 Å². The summed E-state index contributed by atoms with van der Waals surface area (Å²) in [4.78, 5) is 15.2. The predicted molar refractivity (Wildman–Crippen MR) is 109 cm³/mol. The molecule has 1 atom stereocenters. The second-order valence-corrected chi connectivity index (χ2v) is 7.41. The van der Waals surface area contributed by atoms with Gasteiger partial charge in [-0.25, -0.2) is 0 Å². The molecule has 1 amide bonds. The monoisotopic (exact) mass is 366 g/mol. The Hall–Kier alpha value is -2.33. The van der Waals surface area contributed by atoms with Crippen molar-refractivity contribution in [2.45, 2.75) is 39.2 Å². The number of aryl methyl sites for hydroxylation is 2. The number of nitrogens with zero attached hydrogens (tertiary/aromatic N) is 1. The van der Waals surface area contributed by atoms with Crippen molar-refractivity contribution in [3.05, 3.63) is 64.7 Å². The lowest BCUT2D eigenvalue weighted by molar-refractivity contribution is 0.0924. The third-order valence-corrected chi connectivity index (χ3v) is 5.41. The zero-order chi connectivity index (χ0) is 19.2. The second-order valence-electron chi connectivity index (χ2n) is 7.41. The highest BCUT2D eigenvalue weighted by atomic mass is 16.5. The van der Waals surface area contributed by atoms with Gasteiger partial charge in [0.2, 0.25) is 0 Å². The second kappa shape index (κ2) is 9.05. The number of piperidine rings is 1. The van der Waals surface area contributed by atoms with Crippen LogP contribution in [0, 0.1) is 13.8 Å². The maximum absolute atomic E-state index is 12.7. The van der Waals surface area contributed by atoms with E-state index in [4.69, 9.17) is 4.74 Å². The summed E-state index contributed by atoms with van der Waals surface area (Å²) in [5.41, 5.74) is 4.17. The van der Waals surface area contributed by atoms with Crippen LogP contribution in [-0.4, -0.2) is 37.6 Å². The fraction of sp³-hybridized carbons (Fsp3) is 0.435. The van der Waals surface area contributed by atoms with Gasteiger partial charge in [-0.2, -0.15) is 0 Å². The smallest absolute Gasteiger partial charge is 0.251 e. The Morgan fingerprint density at radius 1 is 1.07 bits per heavy atom. The Morgan fingerprint density at radius 3 is 2.41 bits per heavy atom. The van der Waals surface area contributed by atoms with Gasteiger partial charge in [0, 0.05) is 12.1 Å². The zero-order valence-electron chi connectivity index (χ0n) is 16.6. The summed E-state index contributed by atoms with van der Waals surface area (Å²) < 4.78 is 5.29. The van der Waals surface area contributed by atoms with E-state index in [9.17, 15) is 4.79 Å². The molecule has 0 aliphatic carbocycles. The molecule has 2 aromatic carbocycles. The number of benzene rings is 2. The zero-order valence-corrected chi connectivity index (χ0v) is 16.6. The van der Waals surface area contributed by atoms with Crippen molar-refractivity contribution in [1.29, 1.82) is 0 Å². The van der Waals surface area contributed by atoms with Gasteiger partial charge in [-0.3, -0.25) is 9.69 Å². The number of likely N-dealkylation sites (tertiary alicyclic amines) is 1. The summed E-state index contributed by atoms with van der Waals surface area (Å²) in [5, 5.41) is 3.17. The van der Waals surface area contributed by atoms with Crippen LogP contribution in [0.3, 0.4) is 0 Å². The number of carbonyl (C=O) groups is 1. The van der Waals surface area contributed by atoms with Crippen molar-refractivity contribution in [2.24, 2.45) is 0 Å². The molecular formula is C23H30N2O2. The third kappa shape index (κ3) is 4.89. The van der Waals surface area contributed by atoms with Crippen LogP contribution >= 0.6 is 0 Å². The molecule has 4 nitrogen and oxygen atoms in total. The number of methoxy groups -OCH3 is 1. The molecule has 2 aromatic rings. The molecule has 27 heavy (non-hydrogen) atoms. The maximum atomic E-state index is 12.7. The molecule has 1 N–H and O–H groups in total. The standard InChI is InChI=1S/C23H30N2O2/c1-17-7-12-21(18(2)15-17)23(26)24-16-22(25-13-5-4-6-14-25)19-8-10-20(27-3)11-9-19/h7-12,15,22H,4-6,13-14,16H2,1-3H3,(H,24,26). The summed E-state index contributed by atoms with van der Waals surface area (Å²) in [5.74, 6) is 0.860. The van der Waals surface area contributed by atoms with Gasteiger partial charge in [-0.1, -0.05) is 36.2 Å². The summed E-state index contributed by atoms with van der Waals surface area (Å²) in [7, 11) is 1.68. The van der Waals surface area contributed by atoms with E-state index < -0.39 is 0 Å². The van der Waals surface area contributed by atoms with Gasteiger partial charge in [0.25, 0.3) is 5.91 Å². The Balaban J connectivity index is 1.75. The molecule has 144 valence electrons. The first-order valence-electron chi connectivity index (χ1n) is 9.82. The van der Waals surface area contributed by atoms with Crippen LogP contribution in [0.4, 0.5) is 0 Å². The van der Waals surface area contributed by atoms with Crippen LogP contribution < -0.4 is 10.1 Å². The summed E-state index contributed by atoms with van der Waals surface area (Å²) in [6.07, 6.45) is 3.73. The molecule has 1 saturated heterocycles. The molecule has 4 heteroatoms. The average molecular weight is 367 g/mol. The fourth-order valence-corrected chi connectivity index (χ4v) is 3.87. The molecule has 1 unspecified atom stereocenters. The summed E-state index contributed by atoms with van der Waals surface area (Å²) in [6, 6.07) is 14.4. The van der Waals surface area contributed by atoms with Gasteiger partial charge in [0.1, 0.15) is 5.75 Å². The lowest BCUT2D eigenvalue weighted by atomic mass is 10.0. The number of nitrogens with one attached hydrogen (secondary N) is 1. The van der Waals surface area contributed by atoms with Crippen molar-refractivity contribution in [3.8, 4) is 5.75 Å². The number of rotatable bonds is 6. The van der Waals surface area contributed by atoms with Gasteiger partial charge in [-0.15, -0.1) is 0 Å². The Kier molecular flexibility index (Phi) is 6.51. The largest absolute Gasteiger partial charge is 0.497 e. The number of hydrogen-bond donors (Lipinski definition) is 1. The molecular weight excluding hydrogens is 336 g/mol. The van der Waals surface area contributed by atoms with Crippen molar-refractivity contribution in [3.63, 3.8) is 0 Å². The molecule has 1 aliphatic heterocycles. The van der Waals surface area contributed by atoms with Crippen molar-refractivity contribution in [2.75, 3.05) is 26.7 Å². The quantitative estimate of drug-likeness (QED) is 0.830. The van der Waals surface area contributed by atoms with Crippen LogP contribution in [-0.2, 0) is 0 Å². The molecule has 0 bridgehead atoms. The van der Waals surface area contributed by atoms with Crippen molar-refractivity contribution < 1.29 is 9.53 Å². The summed E-state index contributed by atoms with van der Waals surface area (Å²) >= 11 is 0. The predicted octanol–water partition coefficient (Wildman–Crippen LogP) is 4.27.